The highest BCUT2D eigenvalue weighted by Crippen LogP contribution is 2.66. The molecule has 3 heterocycles. The minimum absolute atomic E-state index is 0.0626. The Kier molecular flexibility index (Phi) is 9.30. The molecule has 3 aliphatic heterocycles. The van der Waals surface area contributed by atoms with Crippen molar-refractivity contribution in [1.82, 2.24) is 20.4 Å². The monoisotopic (exact) mass is 765 g/mol. The molecule has 51 heavy (non-hydrogen) atoms. The number of hydrogen-bond acceptors (Lipinski definition) is 13. The van der Waals surface area contributed by atoms with Gasteiger partial charge in [0.25, 0.3) is 5.91 Å². The summed E-state index contributed by atoms with van der Waals surface area (Å²) in [6, 6.07) is 14.7. The Labute approximate surface area is 290 Å². The summed E-state index contributed by atoms with van der Waals surface area (Å²) in [6.07, 6.45) is 3.47. The summed E-state index contributed by atoms with van der Waals surface area (Å²) in [7, 11) is -16.7. The van der Waals surface area contributed by atoms with Crippen molar-refractivity contribution >= 4 is 63.1 Å². The third-order valence-corrected chi connectivity index (χ3v) is 12.6. The summed E-state index contributed by atoms with van der Waals surface area (Å²) in [5.41, 5.74) is 9.60. The molecule has 0 radical (unpaired) electrons. The zero-order chi connectivity index (χ0) is 36.5. The maximum Gasteiger partial charge on any atom is 0.490 e. The van der Waals surface area contributed by atoms with Crippen LogP contribution in [0.2, 0.25) is 0 Å². The molecule has 1 saturated heterocycles. The molecule has 1 fully saturated rings. The Balaban J connectivity index is 1.08. The molecule has 6 unspecified atom stereocenters. The molecular weight excluding hydrogens is 731 g/mol. The largest absolute Gasteiger partial charge is 0.490 e. The number of nitrogens with zero attached hydrogens (tertiary/aromatic N) is 2. The van der Waals surface area contributed by atoms with Crippen LogP contribution >= 0.6 is 23.5 Å². The molecule has 0 bridgehead atoms. The fourth-order valence-electron chi connectivity index (χ4n) is 6.57. The van der Waals surface area contributed by atoms with Gasteiger partial charge in [0.15, 0.2) is 6.29 Å². The highest BCUT2D eigenvalue weighted by atomic mass is 31.3. The molecular formula is C30H34N5O13P3. The predicted octanol–water partition coefficient (Wildman–Crippen LogP) is 2.62. The molecule has 0 aromatic heterocycles. The number of carbonyl (C=O) groups is 1. The lowest BCUT2D eigenvalue weighted by molar-refractivity contribution is -0.120. The Morgan fingerprint density at radius 1 is 1.00 bits per heavy atom. The molecule has 272 valence electrons. The van der Waals surface area contributed by atoms with Crippen LogP contribution in [0.1, 0.15) is 36.0 Å². The number of hydrogen-bond donors (Lipinski definition) is 8. The van der Waals surface area contributed by atoms with E-state index in [4.69, 9.17) is 20.3 Å². The number of carbonyl (C=O) groups excluding carboxylic acids is 1. The molecule has 3 aromatic carbocycles. The Hall–Kier alpha value is -3.44. The minimum atomic E-state index is -5.73. The summed E-state index contributed by atoms with van der Waals surface area (Å²) < 4.78 is 52.7. The maximum absolute atomic E-state index is 13.2. The number of phosphoric ester groups is 1. The topological polar surface area (TPSA) is 263 Å². The maximum atomic E-state index is 13.2. The van der Waals surface area contributed by atoms with Crippen LogP contribution in [0.5, 0.6) is 0 Å². The second-order valence-electron chi connectivity index (χ2n) is 12.4. The zero-order valence-corrected chi connectivity index (χ0v) is 29.4. The second kappa shape index (κ2) is 13.2. The van der Waals surface area contributed by atoms with E-state index in [-0.39, 0.29) is 18.8 Å². The van der Waals surface area contributed by atoms with Crippen LogP contribution in [0, 0.1) is 0 Å². The first-order valence-corrected chi connectivity index (χ1v) is 20.1. The summed E-state index contributed by atoms with van der Waals surface area (Å²) in [5.74, 6) is 0.171. The van der Waals surface area contributed by atoms with Crippen molar-refractivity contribution < 1.29 is 61.1 Å². The van der Waals surface area contributed by atoms with Crippen LogP contribution in [0.3, 0.4) is 0 Å². The van der Waals surface area contributed by atoms with E-state index < -0.39 is 60.7 Å². The number of phosphoric acid groups is 3. The van der Waals surface area contributed by atoms with Crippen molar-refractivity contribution in [2.75, 3.05) is 13.3 Å². The van der Waals surface area contributed by atoms with Gasteiger partial charge in [0, 0.05) is 12.6 Å². The molecule has 21 heteroatoms. The fraction of sp³-hybridized carbons (Fsp3) is 0.300. The Morgan fingerprint density at radius 2 is 1.73 bits per heavy atom. The van der Waals surface area contributed by atoms with Crippen molar-refractivity contribution in [2.45, 2.75) is 44.0 Å². The van der Waals surface area contributed by atoms with E-state index in [1.54, 1.807) is 16.0 Å². The molecule has 7 rings (SSSR count). The summed E-state index contributed by atoms with van der Waals surface area (Å²) in [4.78, 5) is 53.1. The van der Waals surface area contributed by atoms with Crippen LogP contribution in [0.25, 0.3) is 33.7 Å². The van der Waals surface area contributed by atoms with Gasteiger partial charge in [-0.3, -0.25) is 15.1 Å². The molecule has 7 atom stereocenters. The van der Waals surface area contributed by atoms with Crippen LogP contribution < -0.4 is 16.4 Å². The summed E-state index contributed by atoms with van der Waals surface area (Å²) >= 11 is 0. The van der Waals surface area contributed by atoms with Gasteiger partial charge in [-0.25, -0.2) is 13.7 Å². The minimum Gasteiger partial charge on any atom is -0.390 e. The van der Waals surface area contributed by atoms with Gasteiger partial charge < -0.3 is 49.9 Å². The van der Waals surface area contributed by atoms with E-state index in [2.05, 4.69) is 73.2 Å². The van der Waals surface area contributed by atoms with Gasteiger partial charge in [-0.05, 0) is 68.4 Å². The number of allylic oxidation sites excluding steroid dienone is 1. The highest BCUT2D eigenvalue weighted by molar-refractivity contribution is 7.66. The summed E-state index contributed by atoms with van der Waals surface area (Å²) in [5, 5.41) is 20.8. The van der Waals surface area contributed by atoms with E-state index in [1.807, 2.05) is 18.2 Å². The van der Waals surface area contributed by atoms with Gasteiger partial charge in [-0.2, -0.15) is 8.62 Å². The SMILES string of the molecule is CC1C=Cc2cc3ccc4ccc(/C=C/N5CN(C6CC(O)C(COP(=O)(O)OP(=O)(O)OP(=O)(O)O)O6)C6=C5C(=O)N[C@@H](N)N6)cc4c3cc21. The molecule has 1 aliphatic carbocycles. The van der Waals surface area contributed by atoms with Crippen molar-refractivity contribution in [3.8, 4) is 0 Å². The van der Waals surface area contributed by atoms with Gasteiger partial charge in [-0.1, -0.05) is 43.3 Å². The lowest BCUT2D eigenvalue weighted by Gasteiger charge is -2.31. The summed E-state index contributed by atoms with van der Waals surface area (Å²) in [6.45, 7) is 1.40. The number of nitrogens with two attached hydrogens (primary N) is 1. The Bertz CT molecular complexity index is 2170. The molecule has 3 aromatic rings. The van der Waals surface area contributed by atoms with E-state index >= 15 is 0 Å². The zero-order valence-electron chi connectivity index (χ0n) is 26.7. The Morgan fingerprint density at radius 3 is 2.49 bits per heavy atom. The number of fused-ring (bicyclic) bond motifs is 4. The number of aliphatic hydroxyl groups excluding tert-OH is 1. The first-order valence-electron chi connectivity index (χ1n) is 15.5. The van der Waals surface area contributed by atoms with E-state index in [1.165, 1.54) is 11.1 Å². The van der Waals surface area contributed by atoms with Gasteiger partial charge in [0.1, 0.15) is 23.8 Å². The standard InChI is InChI=1S/C30H34N5O13P3/c1-16-2-4-19-11-20-7-6-18-5-3-17(10-22(18)23(20)12-21(16)19)8-9-34-15-35(28-27(34)29(37)33-30(31)32-28)26-13-24(36)25(46-26)14-45-50(41,42)48-51(43,44)47-49(38,39)40/h2-12,16,24-26,30,32,36H,13-15,31H2,1H3,(H,33,37)(H,41,42)(H,43,44)(H2,38,39,40)/b9-8+/t16?,24?,25?,26?,30-/m0/s1. The molecule has 0 spiro atoms. The lowest BCUT2D eigenvalue weighted by atomic mass is 9.94. The number of aliphatic hydroxyl groups is 1. The van der Waals surface area contributed by atoms with Gasteiger partial charge in [0.2, 0.25) is 0 Å². The fourth-order valence-corrected chi connectivity index (χ4v) is 9.60. The van der Waals surface area contributed by atoms with Crippen molar-refractivity contribution in [3.05, 3.63) is 82.9 Å². The normalized spacial score (nSPS) is 27.2. The smallest absolute Gasteiger partial charge is 0.390 e. The highest BCUT2D eigenvalue weighted by Gasteiger charge is 2.47. The van der Waals surface area contributed by atoms with Crippen LogP contribution in [0.4, 0.5) is 0 Å². The molecule has 9 N–H and O–H groups in total. The lowest BCUT2D eigenvalue weighted by Crippen LogP contribution is -2.57. The average molecular weight is 766 g/mol. The average Bonchev–Trinajstić information content (AvgIpc) is 3.70. The third-order valence-electron chi connectivity index (χ3n) is 8.83. The van der Waals surface area contributed by atoms with E-state index in [0.717, 1.165) is 27.1 Å². The van der Waals surface area contributed by atoms with Crippen molar-refractivity contribution in [2.24, 2.45) is 5.73 Å². The quantitative estimate of drug-likeness (QED) is 0.109. The third kappa shape index (κ3) is 7.56. The van der Waals surface area contributed by atoms with Crippen LogP contribution in [0.15, 0.2) is 66.3 Å². The molecule has 18 nitrogen and oxygen atoms in total. The first kappa shape index (κ1) is 35.9. The van der Waals surface area contributed by atoms with E-state index in [0.29, 0.717) is 11.7 Å². The number of amides is 1. The number of ether oxygens (including phenoxy) is 1. The first-order chi connectivity index (χ1) is 24.0. The van der Waals surface area contributed by atoms with Crippen molar-refractivity contribution in [1.29, 1.82) is 0 Å². The number of rotatable bonds is 10. The molecule has 4 aliphatic rings. The van der Waals surface area contributed by atoms with E-state index in [9.17, 15) is 33.4 Å². The van der Waals surface area contributed by atoms with Crippen LogP contribution in [-0.2, 0) is 36.4 Å². The van der Waals surface area contributed by atoms with Gasteiger partial charge >= 0.3 is 23.5 Å². The predicted molar refractivity (Wildman–Crippen MR) is 182 cm³/mol. The van der Waals surface area contributed by atoms with Gasteiger partial charge in [0.05, 0.1) is 19.4 Å². The molecule has 0 saturated carbocycles. The van der Waals surface area contributed by atoms with Gasteiger partial charge in [-0.15, -0.1) is 0 Å². The van der Waals surface area contributed by atoms with Crippen LogP contribution in [-0.4, -0.2) is 78.4 Å². The van der Waals surface area contributed by atoms with Crippen molar-refractivity contribution in [3.63, 3.8) is 0 Å². The second-order valence-corrected chi connectivity index (χ2v) is 16.8. The molecule has 1 amide bonds. The number of benzene rings is 3. The number of nitrogens with one attached hydrogen (secondary N) is 2.